The van der Waals surface area contributed by atoms with E-state index in [4.69, 9.17) is 0 Å². The van der Waals surface area contributed by atoms with E-state index in [1.54, 1.807) is 23.5 Å². The normalized spacial score (nSPS) is 23.0. The summed E-state index contributed by atoms with van der Waals surface area (Å²) in [6.45, 7) is 5.62. The van der Waals surface area contributed by atoms with Gasteiger partial charge in [-0.2, -0.15) is 0 Å². The number of aliphatic imine (C=N–C) groups is 2. The summed E-state index contributed by atoms with van der Waals surface area (Å²) < 4.78 is 1.19. The largest absolute Gasteiger partial charge is 0.363 e. The molecule has 1 N–H and O–H groups in total. The first-order chi connectivity index (χ1) is 8.88. The smallest absolute Gasteiger partial charge is 0.156 e. The summed E-state index contributed by atoms with van der Waals surface area (Å²) in [4.78, 5) is 8.99. The Balaban J connectivity index is 1.66. The monoisotopic (exact) mass is 299 g/mol. The molecule has 0 spiro atoms. The molecule has 0 aromatic heterocycles. The van der Waals surface area contributed by atoms with Crippen LogP contribution in [0.1, 0.15) is 0 Å². The zero-order valence-corrected chi connectivity index (χ0v) is 12.6. The highest BCUT2D eigenvalue weighted by Crippen LogP contribution is 2.26. The third-order valence-corrected chi connectivity index (χ3v) is 5.52. The summed E-state index contributed by atoms with van der Waals surface area (Å²) in [7, 11) is 0. The molecule has 0 saturated carbocycles. The van der Waals surface area contributed by atoms with Crippen molar-refractivity contribution >= 4 is 44.8 Å². The standard InChI is InChI=1S/C12H17N3S3/c1-2-7-17-12-15-10(9-18-12)4-3-8-16-11-13-5-6-14-11/h2-4,10H,1,5-9H2,(H,13,14)/b4-3+. The second-order valence-corrected chi connectivity index (χ2v) is 7.01. The average molecular weight is 299 g/mol. The zero-order valence-electron chi connectivity index (χ0n) is 10.2. The van der Waals surface area contributed by atoms with Gasteiger partial charge in [0.1, 0.15) is 4.38 Å². The molecular formula is C12H17N3S3. The van der Waals surface area contributed by atoms with Gasteiger partial charge in [-0.3, -0.25) is 9.98 Å². The first-order valence-electron chi connectivity index (χ1n) is 5.90. The second-order valence-electron chi connectivity index (χ2n) is 3.73. The highest BCUT2D eigenvalue weighted by Gasteiger charge is 2.15. The molecule has 18 heavy (non-hydrogen) atoms. The molecule has 6 heteroatoms. The second kappa shape index (κ2) is 7.96. The fraction of sp³-hybridized carbons (Fsp3) is 0.500. The average Bonchev–Trinajstić information content (AvgIpc) is 3.04. The number of amidine groups is 1. The predicted molar refractivity (Wildman–Crippen MR) is 88.2 cm³/mol. The van der Waals surface area contributed by atoms with Gasteiger partial charge in [-0.05, 0) is 0 Å². The Morgan fingerprint density at radius 2 is 2.39 bits per heavy atom. The maximum Gasteiger partial charge on any atom is 0.156 e. The molecule has 98 valence electrons. The SMILES string of the molecule is C=CCSC1=NC(/C=C/CSC2=NCCN2)CS1. The number of nitrogens with zero attached hydrogens (tertiary/aromatic N) is 2. The highest BCUT2D eigenvalue weighted by atomic mass is 32.2. The fourth-order valence-electron chi connectivity index (χ4n) is 1.49. The summed E-state index contributed by atoms with van der Waals surface area (Å²) in [6.07, 6.45) is 6.32. The van der Waals surface area contributed by atoms with Crippen LogP contribution in [0.5, 0.6) is 0 Å². The molecule has 0 bridgehead atoms. The summed E-state index contributed by atoms with van der Waals surface area (Å²) >= 11 is 5.38. The summed E-state index contributed by atoms with van der Waals surface area (Å²) in [5.41, 5.74) is 0. The fourth-order valence-corrected chi connectivity index (χ4v) is 4.16. The van der Waals surface area contributed by atoms with Crippen LogP contribution in [-0.4, -0.2) is 45.9 Å². The zero-order chi connectivity index (χ0) is 12.6. The quantitative estimate of drug-likeness (QED) is 0.792. The molecule has 2 rings (SSSR count). The number of thioether (sulfide) groups is 3. The van der Waals surface area contributed by atoms with Crippen LogP contribution in [0.4, 0.5) is 0 Å². The minimum absolute atomic E-state index is 0.349. The van der Waals surface area contributed by atoms with Crippen LogP contribution in [0.2, 0.25) is 0 Å². The van der Waals surface area contributed by atoms with Crippen LogP contribution >= 0.6 is 35.3 Å². The van der Waals surface area contributed by atoms with Gasteiger partial charge in [0.2, 0.25) is 0 Å². The molecule has 0 radical (unpaired) electrons. The van der Waals surface area contributed by atoms with Crippen LogP contribution < -0.4 is 5.32 Å². The van der Waals surface area contributed by atoms with Gasteiger partial charge in [0.25, 0.3) is 0 Å². The number of nitrogens with one attached hydrogen (secondary N) is 1. The summed E-state index contributed by atoms with van der Waals surface area (Å²) in [5.74, 6) is 2.99. The van der Waals surface area contributed by atoms with Crippen LogP contribution in [0.25, 0.3) is 0 Å². The Hall–Kier alpha value is -0.330. The van der Waals surface area contributed by atoms with E-state index in [1.807, 2.05) is 17.8 Å². The molecule has 3 nitrogen and oxygen atoms in total. The molecule has 0 aromatic rings. The van der Waals surface area contributed by atoms with E-state index in [9.17, 15) is 0 Å². The Morgan fingerprint density at radius 1 is 1.44 bits per heavy atom. The van der Waals surface area contributed by atoms with Crippen molar-refractivity contribution in [1.82, 2.24) is 5.32 Å². The van der Waals surface area contributed by atoms with Crippen LogP contribution in [-0.2, 0) is 0 Å². The third-order valence-electron chi connectivity index (χ3n) is 2.29. The highest BCUT2D eigenvalue weighted by molar-refractivity contribution is 8.39. The van der Waals surface area contributed by atoms with Gasteiger partial charge in [-0.25, -0.2) is 0 Å². The van der Waals surface area contributed by atoms with Gasteiger partial charge >= 0.3 is 0 Å². The number of rotatable bonds is 5. The molecule has 2 aliphatic rings. The van der Waals surface area contributed by atoms with Crippen molar-refractivity contribution in [2.24, 2.45) is 9.98 Å². The van der Waals surface area contributed by atoms with Gasteiger partial charge < -0.3 is 5.32 Å². The molecule has 1 unspecified atom stereocenters. The van der Waals surface area contributed by atoms with E-state index in [-0.39, 0.29) is 0 Å². The Labute approximate surface area is 121 Å². The Morgan fingerprint density at radius 3 is 3.17 bits per heavy atom. The van der Waals surface area contributed by atoms with Crippen molar-refractivity contribution in [2.75, 3.05) is 30.3 Å². The number of hydrogen-bond acceptors (Lipinski definition) is 6. The van der Waals surface area contributed by atoms with Crippen molar-refractivity contribution in [2.45, 2.75) is 6.04 Å². The van der Waals surface area contributed by atoms with Crippen LogP contribution in [0.15, 0.2) is 34.8 Å². The Kier molecular flexibility index (Phi) is 6.23. The topological polar surface area (TPSA) is 36.8 Å². The maximum atomic E-state index is 4.65. The van der Waals surface area contributed by atoms with Crippen molar-refractivity contribution in [3.8, 4) is 0 Å². The lowest BCUT2D eigenvalue weighted by atomic mass is 10.3. The first-order valence-corrected chi connectivity index (χ1v) is 8.86. The molecular weight excluding hydrogens is 282 g/mol. The molecule has 2 heterocycles. The van der Waals surface area contributed by atoms with Crippen molar-refractivity contribution in [3.63, 3.8) is 0 Å². The van der Waals surface area contributed by atoms with E-state index < -0.39 is 0 Å². The predicted octanol–water partition coefficient (Wildman–Crippen LogP) is 2.63. The minimum Gasteiger partial charge on any atom is -0.363 e. The lowest BCUT2D eigenvalue weighted by Crippen LogP contribution is -2.15. The third kappa shape index (κ3) is 4.74. The Bertz CT molecular complexity index is 377. The summed E-state index contributed by atoms with van der Waals surface area (Å²) in [6, 6.07) is 0.349. The van der Waals surface area contributed by atoms with E-state index in [2.05, 4.69) is 34.0 Å². The molecule has 2 aliphatic heterocycles. The lowest BCUT2D eigenvalue weighted by molar-refractivity contribution is 0.961. The molecule has 0 aromatic carbocycles. The lowest BCUT2D eigenvalue weighted by Gasteiger charge is -1.99. The molecule has 0 amide bonds. The van der Waals surface area contributed by atoms with Crippen molar-refractivity contribution in [3.05, 3.63) is 24.8 Å². The first kappa shape index (κ1) is 14.1. The summed E-state index contributed by atoms with van der Waals surface area (Å²) in [5, 5.41) is 4.33. The maximum absolute atomic E-state index is 4.65. The molecule has 0 fully saturated rings. The van der Waals surface area contributed by atoms with Crippen LogP contribution in [0, 0.1) is 0 Å². The van der Waals surface area contributed by atoms with Crippen LogP contribution in [0.3, 0.4) is 0 Å². The van der Waals surface area contributed by atoms with E-state index >= 15 is 0 Å². The van der Waals surface area contributed by atoms with E-state index in [0.29, 0.717) is 6.04 Å². The van der Waals surface area contributed by atoms with E-state index in [1.165, 1.54) is 4.38 Å². The van der Waals surface area contributed by atoms with Gasteiger partial charge in [0, 0.05) is 23.8 Å². The van der Waals surface area contributed by atoms with Gasteiger partial charge in [-0.1, -0.05) is 53.5 Å². The van der Waals surface area contributed by atoms with Crippen molar-refractivity contribution in [1.29, 1.82) is 0 Å². The van der Waals surface area contributed by atoms with Gasteiger partial charge in [-0.15, -0.1) is 6.58 Å². The number of hydrogen-bond donors (Lipinski definition) is 1. The van der Waals surface area contributed by atoms with Gasteiger partial charge in [0.15, 0.2) is 5.17 Å². The van der Waals surface area contributed by atoms with Crippen molar-refractivity contribution < 1.29 is 0 Å². The molecule has 1 atom stereocenters. The molecule has 0 saturated heterocycles. The van der Waals surface area contributed by atoms with E-state index in [0.717, 1.165) is 35.5 Å². The minimum atomic E-state index is 0.349. The van der Waals surface area contributed by atoms with Gasteiger partial charge in [0.05, 0.1) is 12.6 Å². The molecule has 0 aliphatic carbocycles.